The summed E-state index contributed by atoms with van der Waals surface area (Å²) in [5.74, 6) is 9.07. The first-order chi connectivity index (χ1) is 35.1. The normalized spacial score (nSPS) is 15.7. The van der Waals surface area contributed by atoms with Gasteiger partial charge in [0.2, 0.25) is 11.6 Å². The topological polar surface area (TPSA) is 210 Å². The monoisotopic (exact) mass is 1000 g/mol. The molecule has 1 aliphatic heterocycles. The molecule has 1 atom stereocenters. The van der Waals surface area contributed by atoms with E-state index in [1.165, 1.54) is 60.8 Å². The van der Waals surface area contributed by atoms with Gasteiger partial charge in [0, 0.05) is 11.8 Å². The lowest BCUT2D eigenvalue weighted by atomic mass is 9.72. The molecule has 390 valence electrons. The summed E-state index contributed by atoms with van der Waals surface area (Å²) in [7, 11) is 3.38. The average molecular weight is 1000 g/mol. The first-order valence-corrected chi connectivity index (χ1v) is 25.5. The highest BCUT2D eigenvalue weighted by Crippen LogP contribution is 2.66. The Kier molecular flexibility index (Phi) is 18.9. The molecule has 3 aliphatic rings. The van der Waals surface area contributed by atoms with Gasteiger partial charge in [-0.05, 0) is 118 Å². The van der Waals surface area contributed by atoms with E-state index in [4.69, 9.17) is 41.3 Å². The Hall–Kier alpha value is -7.14. The largest absolute Gasteiger partial charge is 0.493 e. The number of nitrogens with zero attached hydrogens (tertiary/aromatic N) is 6. The summed E-state index contributed by atoms with van der Waals surface area (Å²) in [5.41, 5.74) is 7.70. The molecule has 2 aliphatic carbocycles. The number of nitrogens with one attached hydrogen (secondary N) is 3. The van der Waals surface area contributed by atoms with Crippen molar-refractivity contribution in [2.45, 2.75) is 162 Å². The standard InChI is InChI=1S/C33H34N8O4.C12H20O2.C11H19NO2/c1-15-16(2)26(30-36-40-41-37-30)28-27(25(15)29-34-38-39-35-29)44-23-10-18-20(12-24(23)45-28)33(14-32(18,5)6)13-31(3,4)17-9-21(42-7)22(43-8)11-19(17)33;1-3-5-7-8-9-11-14-12(13)10-6-4-2;1-3-5-6-7-8-10-14-11(13)12-9-4-2/h9-12H,13-14H2,1-8H3,(H,34,35,38,39)(H,36,37,40,41);2H,3,5-11H2,1H3;2H,3,5-10H2,1H3,(H,12,13). The van der Waals surface area contributed by atoms with Crippen LogP contribution in [-0.4, -0.2) is 87.3 Å². The van der Waals surface area contributed by atoms with Crippen LogP contribution in [0.2, 0.25) is 0 Å². The number of carbonyl (C=O) groups excluding carboxylic acids is 2. The van der Waals surface area contributed by atoms with Crippen molar-refractivity contribution in [2.75, 3.05) is 34.0 Å². The third-order valence-corrected chi connectivity index (χ3v) is 13.9. The van der Waals surface area contributed by atoms with Crippen molar-refractivity contribution in [3.63, 3.8) is 0 Å². The van der Waals surface area contributed by atoms with Gasteiger partial charge in [-0.1, -0.05) is 98.8 Å². The number of hydrogen-bond acceptors (Lipinski definition) is 14. The second-order valence-corrected chi connectivity index (χ2v) is 20.1. The predicted molar refractivity (Wildman–Crippen MR) is 279 cm³/mol. The Morgan fingerprint density at radius 3 is 1.60 bits per heavy atom. The van der Waals surface area contributed by atoms with Gasteiger partial charge >= 0.3 is 12.1 Å². The van der Waals surface area contributed by atoms with E-state index in [9.17, 15) is 9.59 Å². The maximum Gasteiger partial charge on any atom is 0.407 e. The van der Waals surface area contributed by atoms with Crippen LogP contribution in [0.3, 0.4) is 0 Å². The number of aromatic nitrogens is 8. The summed E-state index contributed by atoms with van der Waals surface area (Å²) in [6.45, 7) is 18.8. The van der Waals surface area contributed by atoms with Crippen LogP contribution in [0.1, 0.15) is 165 Å². The van der Waals surface area contributed by atoms with Gasteiger partial charge in [-0.3, -0.25) is 4.79 Å². The third-order valence-electron chi connectivity index (χ3n) is 13.9. The Bertz CT molecular complexity index is 2710. The van der Waals surface area contributed by atoms with Crippen LogP contribution in [0.4, 0.5) is 4.79 Å². The molecule has 1 spiro atoms. The number of tetrazole rings is 2. The van der Waals surface area contributed by atoms with Crippen molar-refractivity contribution < 1.29 is 38.0 Å². The molecular weight excluding hydrogens is 927 g/mol. The maximum absolute atomic E-state index is 11.0. The molecule has 0 saturated heterocycles. The lowest BCUT2D eigenvalue weighted by molar-refractivity contribution is -0.143. The Balaban J connectivity index is 0.000000256. The van der Waals surface area contributed by atoms with Gasteiger partial charge in [0.15, 0.2) is 34.5 Å². The van der Waals surface area contributed by atoms with Crippen molar-refractivity contribution >= 4 is 12.1 Å². The molecule has 3 aromatic carbocycles. The second kappa shape index (κ2) is 25.0. The van der Waals surface area contributed by atoms with Gasteiger partial charge in [-0.2, -0.15) is 10.4 Å². The molecule has 0 bridgehead atoms. The maximum atomic E-state index is 11.0. The summed E-state index contributed by atoms with van der Waals surface area (Å²) in [6, 6.07) is 8.66. The highest BCUT2D eigenvalue weighted by atomic mass is 16.6. The third kappa shape index (κ3) is 12.6. The van der Waals surface area contributed by atoms with Crippen LogP contribution in [0.25, 0.3) is 22.8 Å². The number of rotatable bonds is 19. The minimum atomic E-state index is -0.418. The molecule has 8 rings (SSSR count). The quantitative estimate of drug-likeness (QED) is 0.0392. The van der Waals surface area contributed by atoms with Gasteiger partial charge in [-0.15, -0.1) is 39.2 Å². The van der Waals surface area contributed by atoms with Crippen molar-refractivity contribution in [2.24, 2.45) is 0 Å². The molecule has 3 N–H and O–H groups in total. The fourth-order valence-electron chi connectivity index (χ4n) is 10.4. The number of H-pyrrole nitrogens is 2. The van der Waals surface area contributed by atoms with Crippen LogP contribution < -0.4 is 24.3 Å². The first kappa shape index (κ1) is 55.2. The minimum absolute atomic E-state index is 0.0909. The number of amides is 1. The minimum Gasteiger partial charge on any atom is -0.493 e. The van der Waals surface area contributed by atoms with Crippen LogP contribution in [0.15, 0.2) is 24.3 Å². The van der Waals surface area contributed by atoms with E-state index < -0.39 is 6.09 Å². The van der Waals surface area contributed by atoms with E-state index >= 15 is 0 Å². The molecule has 3 heterocycles. The number of benzene rings is 3. The summed E-state index contributed by atoms with van der Waals surface area (Å²) >= 11 is 0. The highest BCUT2D eigenvalue weighted by molar-refractivity contribution is 5.86. The molecule has 5 aromatic rings. The van der Waals surface area contributed by atoms with E-state index in [-0.39, 0.29) is 28.8 Å². The van der Waals surface area contributed by atoms with Gasteiger partial charge in [0.05, 0.1) is 51.5 Å². The van der Waals surface area contributed by atoms with Gasteiger partial charge in [-0.25, -0.2) is 4.79 Å². The van der Waals surface area contributed by atoms with E-state index in [2.05, 4.69) is 124 Å². The molecule has 0 radical (unpaired) electrons. The summed E-state index contributed by atoms with van der Waals surface area (Å²) in [6.07, 6.45) is 23.9. The lowest BCUT2D eigenvalue weighted by Crippen LogP contribution is -2.27. The molecule has 0 saturated carbocycles. The summed E-state index contributed by atoms with van der Waals surface area (Å²) in [5, 5.41) is 32.3. The number of hydrogen-bond donors (Lipinski definition) is 3. The number of unbranched alkanes of at least 4 members (excludes halogenated alkanes) is 8. The smallest absolute Gasteiger partial charge is 0.407 e. The van der Waals surface area contributed by atoms with Gasteiger partial charge in [0.25, 0.3) is 0 Å². The van der Waals surface area contributed by atoms with E-state index in [0.29, 0.717) is 71.8 Å². The van der Waals surface area contributed by atoms with Crippen molar-refractivity contribution in [3.05, 3.63) is 57.6 Å². The van der Waals surface area contributed by atoms with Crippen molar-refractivity contribution in [1.82, 2.24) is 46.6 Å². The number of terminal acetylenes is 2. The summed E-state index contributed by atoms with van der Waals surface area (Å²) in [4.78, 5) is 21.8. The number of methoxy groups -OCH3 is 2. The SMILES string of the molecule is C#CCCC(=O)OCCCCCCC.C#CCNC(=O)OCCCCCCC.COc1cc2c(cc1OC)C1(CC2(C)C)CC(C)(C)c2cc3c(cc21)Oc1c(c(-c2nn[nH]n2)c(C)c(C)c1-c1nn[nH]n1)O3. The highest BCUT2D eigenvalue weighted by Gasteiger charge is 2.57. The fraction of sp³-hybridized carbons (Fsp3) is 0.536. The zero-order valence-corrected chi connectivity index (χ0v) is 44.4. The second-order valence-electron chi connectivity index (χ2n) is 20.1. The Morgan fingerprint density at radius 1 is 0.671 bits per heavy atom. The number of alkyl carbamates (subject to hydrolysis) is 1. The molecule has 17 nitrogen and oxygen atoms in total. The molecule has 0 fully saturated rings. The molecular formula is C56H73N9O8. The molecule has 1 amide bonds. The molecule has 17 heteroatoms. The number of carbonyl (C=O) groups is 2. The fourth-order valence-corrected chi connectivity index (χ4v) is 10.4. The first-order valence-electron chi connectivity index (χ1n) is 25.5. The van der Waals surface area contributed by atoms with Crippen LogP contribution in [0, 0.1) is 38.5 Å². The molecule has 2 aromatic heterocycles. The van der Waals surface area contributed by atoms with Gasteiger partial charge in [0.1, 0.15) is 0 Å². The molecule has 1 unspecified atom stereocenters. The predicted octanol–water partition coefficient (Wildman–Crippen LogP) is 11.5. The van der Waals surface area contributed by atoms with Crippen LogP contribution in [-0.2, 0) is 30.5 Å². The van der Waals surface area contributed by atoms with Crippen LogP contribution >= 0.6 is 0 Å². The lowest BCUT2D eigenvalue weighted by Gasteiger charge is -2.31. The number of aromatic amines is 2. The molecule has 73 heavy (non-hydrogen) atoms. The van der Waals surface area contributed by atoms with Crippen LogP contribution in [0.5, 0.6) is 34.5 Å². The van der Waals surface area contributed by atoms with Gasteiger partial charge < -0.3 is 33.7 Å². The number of fused-ring (bicyclic) bond motifs is 6. The van der Waals surface area contributed by atoms with E-state index in [1.54, 1.807) is 14.2 Å². The average Bonchev–Trinajstić information content (AvgIpc) is 4.19. The zero-order chi connectivity index (χ0) is 52.8. The number of ether oxygens (including phenoxy) is 6. The Labute approximate surface area is 430 Å². The van der Waals surface area contributed by atoms with Crippen molar-refractivity contribution in [3.8, 4) is 82.0 Å². The van der Waals surface area contributed by atoms with E-state index in [1.807, 2.05) is 13.8 Å². The zero-order valence-electron chi connectivity index (χ0n) is 44.4. The van der Waals surface area contributed by atoms with Crippen molar-refractivity contribution in [1.29, 1.82) is 0 Å². The Morgan fingerprint density at radius 2 is 1.14 bits per heavy atom. The summed E-state index contributed by atoms with van der Waals surface area (Å²) < 4.78 is 35.0. The number of esters is 1. The van der Waals surface area contributed by atoms with E-state index in [0.717, 1.165) is 61.2 Å².